The van der Waals surface area contributed by atoms with Crippen LogP contribution >= 0.6 is 27.3 Å². The molecule has 1 aromatic rings. The zero-order chi connectivity index (χ0) is 13.3. The number of amides is 2. The monoisotopic (exact) mass is 330 g/mol. The summed E-state index contributed by atoms with van der Waals surface area (Å²) in [6, 6.07) is 1.20. The number of thiophene rings is 1. The number of hydrogen-bond donors (Lipinski definition) is 1. The highest BCUT2D eigenvalue weighted by atomic mass is 79.9. The molecule has 1 aromatic heterocycles. The van der Waals surface area contributed by atoms with Crippen LogP contribution in [0, 0.1) is 0 Å². The van der Waals surface area contributed by atoms with Crippen LogP contribution in [-0.4, -0.2) is 28.8 Å². The molecule has 1 aliphatic heterocycles. The zero-order valence-electron chi connectivity index (χ0n) is 10.3. The molecule has 2 amide bonds. The highest BCUT2D eigenvalue weighted by molar-refractivity contribution is 9.10. The van der Waals surface area contributed by atoms with Gasteiger partial charge in [0.1, 0.15) is 12.1 Å². The van der Waals surface area contributed by atoms with Gasteiger partial charge >= 0.3 is 0 Å². The summed E-state index contributed by atoms with van der Waals surface area (Å²) in [5.74, 6) is -0.0637. The molecule has 1 fully saturated rings. The molecular weight excluding hydrogens is 316 g/mol. The summed E-state index contributed by atoms with van der Waals surface area (Å²) in [6.45, 7) is 4.17. The van der Waals surface area contributed by atoms with E-state index in [9.17, 15) is 9.59 Å². The van der Waals surface area contributed by atoms with Gasteiger partial charge in [-0.25, -0.2) is 0 Å². The Morgan fingerprint density at radius 3 is 2.78 bits per heavy atom. The third kappa shape index (κ3) is 2.59. The molecule has 2 rings (SSSR count). The molecule has 2 atom stereocenters. The summed E-state index contributed by atoms with van der Waals surface area (Å²) in [5.41, 5.74) is 0. The van der Waals surface area contributed by atoms with Gasteiger partial charge in [0.2, 0.25) is 11.8 Å². The summed E-state index contributed by atoms with van der Waals surface area (Å²) in [6.07, 6.45) is 0.627. The summed E-state index contributed by atoms with van der Waals surface area (Å²) >= 11 is 4.98. The SMILES string of the molecule is CCC1NC(=O)C(C)N(Cc2cc(Br)cs2)C1=O. The Kier molecular flexibility index (Phi) is 4.07. The van der Waals surface area contributed by atoms with Gasteiger partial charge in [0.15, 0.2) is 0 Å². The summed E-state index contributed by atoms with van der Waals surface area (Å²) < 4.78 is 1.01. The first-order valence-electron chi connectivity index (χ1n) is 5.86. The predicted molar refractivity (Wildman–Crippen MR) is 74.3 cm³/mol. The van der Waals surface area contributed by atoms with Crippen molar-refractivity contribution >= 4 is 39.1 Å². The molecule has 0 radical (unpaired) electrons. The molecule has 0 saturated carbocycles. The van der Waals surface area contributed by atoms with E-state index in [0.717, 1.165) is 9.35 Å². The lowest BCUT2D eigenvalue weighted by atomic mass is 10.1. The number of nitrogens with zero attached hydrogens (tertiary/aromatic N) is 1. The van der Waals surface area contributed by atoms with Crippen molar-refractivity contribution in [1.29, 1.82) is 0 Å². The van der Waals surface area contributed by atoms with Gasteiger partial charge in [-0.15, -0.1) is 11.3 Å². The van der Waals surface area contributed by atoms with Gasteiger partial charge in [0.05, 0.1) is 6.54 Å². The van der Waals surface area contributed by atoms with Crippen molar-refractivity contribution in [2.45, 2.75) is 38.9 Å². The van der Waals surface area contributed by atoms with E-state index in [4.69, 9.17) is 0 Å². The third-order valence-corrected chi connectivity index (χ3v) is 4.78. The minimum absolute atomic E-state index is 0.00845. The van der Waals surface area contributed by atoms with E-state index >= 15 is 0 Å². The van der Waals surface area contributed by atoms with Crippen molar-refractivity contribution in [2.24, 2.45) is 0 Å². The molecule has 1 N–H and O–H groups in total. The fraction of sp³-hybridized carbons (Fsp3) is 0.500. The number of halogens is 1. The largest absolute Gasteiger partial charge is 0.343 e. The Morgan fingerprint density at radius 2 is 2.22 bits per heavy atom. The van der Waals surface area contributed by atoms with Gasteiger partial charge in [0, 0.05) is 14.7 Å². The molecule has 0 aliphatic carbocycles. The number of nitrogens with one attached hydrogen (secondary N) is 1. The zero-order valence-corrected chi connectivity index (χ0v) is 12.7. The van der Waals surface area contributed by atoms with Crippen LogP contribution in [0.15, 0.2) is 15.9 Å². The quantitative estimate of drug-likeness (QED) is 0.923. The lowest BCUT2D eigenvalue weighted by Crippen LogP contribution is -2.61. The predicted octanol–water partition coefficient (Wildman–Crippen LogP) is 2.14. The Morgan fingerprint density at radius 1 is 1.50 bits per heavy atom. The summed E-state index contributed by atoms with van der Waals surface area (Å²) in [5, 5.41) is 4.73. The number of carbonyl (C=O) groups excluding carboxylic acids is 2. The molecule has 1 saturated heterocycles. The van der Waals surface area contributed by atoms with E-state index in [-0.39, 0.29) is 17.9 Å². The van der Waals surface area contributed by atoms with Crippen LogP contribution in [-0.2, 0) is 16.1 Å². The fourth-order valence-electron chi connectivity index (χ4n) is 1.98. The molecule has 2 unspecified atom stereocenters. The van der Waals surface area contributed by atoms with E-state index < -0.39 is 6.04 Å². The molecule has 2 heterocycles. The van der Waals surface area contributed by atoms with Crippen molar-refractivity contribution in [2.75, 3.05) is 0 Å². The van der Waals surface area contributed by atoms with Gasteiger partial charge in [-0.3, -0.25) is 9.59 Å². The molecule has 0 aromatic carbocycles. The van der Waals surface area contributed by atoms with Gasteiger partial charge in [-0.05, 0) is 35.3 Å². The maximum atomic E-state index is 12.2. The minimum atomic E-state index is -0.402. The maximum Gasteiger partial charge on any atom is 0.246 e. The summed E-state index contributed by atoms with van der Waals surface area (Å²) in [4.78, 5) is 26.8. The second kappa shape index (κ2) is 5.40. The average molecular weight is 331 g/mol. The van der Waals surface area contributed by atoms with Crippen molar-refractivity contribution in [3.8, 4) is 0 Å². The van der Waals surface area contributed by atoms with E-state index in [0.29, 0.717) is 13.0 Å². The molecule has 0 bridgehead atoms. The molecule has 98 valence electrons. The van der Waals surface area contributed by atoms with E-state index in [2.05, 4.69) is 21.2 Å². The molecule has 0 spiro atoms. The summed E-state index contributed by atoms with van der Waals surface area (Å²) in [7, 11) is 0. The Bertz CT molecular complexity index is 474. The standard InChI is InChI=1S/C12H15BrN2O2S/c1-3-10-12(17)15(7(2)11(16)14-10)5-9-4-8(13)6-18-9/h4,6-7,10H,3,5H2,1-2H3,(H,14,16). The van der Waals surface area contributed by atoms with Gasteiger partial charge in [-0.1, -0.05) is 6.92 Å². The average Bonchev–Trinajstić information content (AvgIpc) is 2.75. The van der Waals surface area contributed by atoms with Crippen LogP contribution in [0.1, 0.15) is 25.1 Å². The van der Waals surface area contributed by atoms with Crippen LogP contribution in [0.3, 0.4) is 0 Å². The Hall–Kier alpha value is -0.880. The van der Waals surface area contributed by atoms with E-state index in [1.54, 1.807) is 23.2 Å². The maximum absolute atomic E-state index is 12.2. The van der Waals surface area contributed by atoms with Crippen LogP contribution in [0.4, 0.5) is 0 Å². The van der Waals surface area contributed by atoms with Crippen LogP contribution < -0.4 is 5.32 Å². The second-order valence-electron chi connectivity index (χ2n) is 4.34. The molecule has 18 heavy (non-hydrogen) atoms. The van der Waals surface area contributed by atoms with Gasteiger partial charge in [-0.2, -0.15) is 0 Å². The highest BCUT2D eigenvalue weighted by Crippen LogP contribution is 2.23. The van der Waals surface area contributed by atoms with Crippen molar-refractivity contribution in [1.82, 2.24) is 10.2 Å². The Labute approximate surface area is 118 Å². The molecular formula is C12H15BrN2O2S. The number of piperazine rings is 1. The first-order chi connectivity index (χ1) is 8.52. The van der Waals surface area contributed by atoms with Crippen molar-refractivity contribution in [3.63, 3.8) is 0 Å². The van der Waals surface area contributed by atoms with Crippen LogP contribution in [0.5, 0.6) is 0 Å². The first-order valence-corrected chi connectivity index (χ1v) is 7.54. The van der Waals surface area contributed by atoms with E-state index in [1.165, 1.54) is 0 Å². The lowest BCUT2D eigenvalue weighted by molar-refractivity contribution is -0.149. The minimum Gasteiger partial charge on any atom is -0.343 e. The fourth-order valence-corrected chi connectivity index (χ4v) is 3.43. The lowest BCUT2D eigenvalue weighted by Gasteiger charge is -2.36. The normalized spacial score (nSPS) is 24.3. The molecule has 1 aliphatic rings. The third-order valence-electron chi connectivity index (χ3n) is 3.10. The van der Waals surface area contributed by atoms with Gasteiger partial charge < -0.3 is 10.2 Å². The number of carbonyl (C=O) groups is 2. The first kappa shape index (κ1) is 13.5. The topological polar surface area (TPSA) is 49.4 Å². The second-order valence-corrected chi connectivity index (χ2v) is 6.25. The highest BCUT2D eigenvalue weighted by Gasteiger charge is 2.37. The molecule has 6 heteroatoms. The van der Waals surface area contributed by atoms with Crippen LogP contribution in [0.25, 0.3) is 0 Å². The van der Waals surface area contributed by atoms with Crippen molar-refractivity contribution < 1.29 is 9.59 Å². The Balaban J connectivity index is 2.17. The van der Waals surface area contributed by atoms with Crippen molar-refractivity contribution in [3.05, 3.63) is 20.8 Å². The van der Waals surface area contributed by atoms with E-state index in [1.807, 2.05) is 18.4 Å². The smallest absolute Gasteiger partial charge is 0.246 e. The van der Waals surface area contributed by atoms with Crippen LogP contribution in [0.2, 0.25) is 0 Å². The molecule has 4 nitrogen and oxygen atoms in total. The number of rotatable bonds is 3. The number of hydrogen-bond acceptors (Lipinski definition) is 3. The van der Waals surface area contributed by atoms with Gasteiger partial charge in [0.25, 0.3) is 0 Å².